The van der Waals surface area contributed by atoms with Crippen LogP contribution in [0.15, 0.2) is 47.2 Å². The number of pyridine rings is 1. The molecule has 3 aromatic rings. The molecular weight excluding hydrogens is 304 g/mol. The molecule has 0 aliphatic carbocycles. The normalized spacial score (nSPS) is 18.9. The third-order valence-electron chi connectivity index (χ3n) is 4.42. The highest BCUT2D eigenvalue weighted by atomic mass is 16.6. The van der Waals surface area contributed by atoms with Gasteiger partial charge in [-0.2, -0.15) is 0 Å². The van der Waals surface area contributed by atoms with E-state index in [4.69, 9.17) is 9.37 Å². The Morgan fingerprint density at radius 3 is 3.08 bits per heavy atom. The Kier molecular flexibility index (Phi) is 4.49. The Balaban J connectivity index is 1.37. The molecule has 6 heteroatoms. The number of fused-ring (bicyclic) bond motifs is 1. The van der Waals surface area contributed by atoms with E-state index in [9.17, 15) is 0 Å². The Bertz CT molecular complexity index is 790. The van der Waals surface area contributed by atoms with E-state index < -0.39 is 0 Å². The molecule has 1 aliphatic heterocycles. The molecule has 6 nitrogen and oxygen atoms in total. The van der Waals surface area contributed by atoms with Crippen LogP contribution < -0.4 is 0 Å². The topological polar surface area (TPSA) is 64.3 Å². The van der Waals surface area contributed by atoms with Gasteiger partial charge in [-0.25, -0.2) is 4.63 Å². The monoisotopic (exact) mass is 324 g/mol. The maximum atomic E-state index is 6.06. The molecule has 1 fully saturated rings. The second kappa shape index (κ2) is 7.07. The minimum atomic E-state index is 0.246. The number of hydrogen-bond acceptors (Lipinski definition) is 6. The van der Waals surface area contributed by atoms with Gasteiger partial charge >= 0.3 is 0 Å². The van der Waals surface area contributed by atoms with Crippen molar-refractivity contribution in [3.8, 4) is 0 Å². The van der Waals surface area contributed by atoms with Crippen molar-refractivity contribution in [1.82, 2.24) is 20.2 Å². The van der Waals surface area contributed by atoms with Crippen molar-refractivity contribution < 1.29 is 9.37 Å². The van der Waals surface area contributed by atoms with Gasteiger partial charge in [0.25, 0.3) is 0 Å². The van der Waals surface area contributed by atoms with Crippen LogP contribution in [0.2, 0.25) is 0 Å². The van der Waals surface area contributed by atoms with Crippen LogP contribution in [0.25, 0.3) is 11.0 Å². The van der Waals surface area contributed by atoms with Crippen LogP contribution in [0, 0.1) is 0 Å². The average molecular weight is 324 g/mol. The largest absolute Gasteiger partial charge is 0.371 e. The van der Waals surface area contributed by atoms with Gasteiger partial charge in [0.1, 0.15) is 11.0 Å². The van der Waals surface area contributed by atoms with Crippen LogP contribution in [-0.4, -0.2) is 39.4 Å². The molecule has 24 heavy (non-hydrogen) atoms. The van der Waals surface area contributed by atoms with E-state index >= 15 is 0 Å². The minimum absolute atomic E-state index is 0.246. The van der Waals surface area contributed by atoms with Crippen LogP contribution >= 0.6 is 0 Å². The highest BCUT2D eigenvalue weighted by Crippen LogP contribution is 2.20. The summed E-state index contributed by atoms with van der Waals surface area (Å²) in [6.07, 6.45) is 4.28. The van der Waals surface area contributed by atoms with E-state index in [1.807, 2.05) is 30.3 Å². The fraction of sp³-hybridized carbons (Fsp3) is 0.389. The van der Waals surface area contributed by atoms with Gasteiger partial charge in [-0.05, 0) is 53.5 Å². The summed E-state index contributed by atoms with van der Waals surface area (Å²) in [4.78, 5) is 6.73. The highest BCUT2D eigenvalue weighted by molar-refractivity contribution is 5.76. The number of nitrogens with zero attached hydrogens (tertiary/aromatic N) is 4. The van der Waals surface area contributed by atoms with E-state index in [1.165, 1.54) is 0 Å². The molecular formula is C18H20N4O2. The second-order valence-corrected chi connectivity index (χ2v) is 6.18. The lowest BCUT2D eigenvalue weighted by Crippen LogP contribution is -2.39. The zero-order chi connectivity index (χ0) is 16.2. The molecule has 1 aliphatic rings. The average Bonchev–Trinajstić information content (AvgIpc) is 3.11. The minimum Gasteiger partial charge on any atom is -0.371 e. The number of hydrogen-bond donors (Lipinski definition) is 0. The lowest BCUT2D eigenvalue weighted by atomic mass is 10.1. The predicted molar refractivity (Wildman–Crippen MR) is 89.1 cm³/mol. The van der Waals surface area contributed by atoms with E-state index in [2.05, 4.69) is 26.3 Å². The lowest BCUT2D eigenvalue weighted by Gasteiger charge is -2.32. The highest BCUT2D eigenvalue weighted by Gasteiger charge is 2.21. The number of rotatable bonds is 5. The molecule has 0 radical (unpaired) electrons. The molecule has 4 rings (SSSR count). The van der Waals surface area contributed by atoms with Crippen molar-refractivity contribution in [2.75, 3.05) is 13.1 Å². The van der Waals surface area contributed by atoms with E-state index in [0.29, 0.717) is 6.61 Å². The van der Waals surface area contributed by atoms with Gasteiger partial charge in [0.05, 0.1) is 18.4 Å². The number of ether oxygens (including phenoxy) is 1. The third-order valence-corrected chi connectivity index (χ3v) is 4.42. The fourth-order valence-corrected chi connectivity index (χ4v) is 3.21. The molecule has 3 heterocycles. The maximum Gasteiger partial charge on any atom is 0.139 e. The smallest absolute Gasteiger partial charge is 0.139 e. The van der Waals surface area contributed by atoms with Crippen LogP contribution in [0.4, 0.5) is 0 Å². The fourth-order valence-electron chi connectivity index (χ4n) is 3.21. The van der Waals surface area contributed by atoms with Crippen molar-refractivity contribution in [2.24, 2.45) is 0 Å². The van der Waals surface area contributed by atoms with Gasteiger partial charge in [-0.3, -0.25) is 9.88 Å². The summed E-state index contributed by atoms with van der Waals surface area (Å²) < 4.78 is 10.9. The maximum absolute atomic E-state index is 6.06. The first-order chi connectivity index (χ1) is 11.9. The zero-order valence-electron chi connectivity index (χ0n) is 13.5. The number of likely N-dealkylation sites (tertiary alicyclic amines) is 1. The first-order valence-electron chi connectivity index (χ1n) is 8.32. The summed E-state index contributed by atoms with van der Waals surface area (Å²) in [5.74, 6) is 0. The molecule has 1 atom stereocenters. The molecule has 0 spiro atoms. The summed E-state index contributed by atoms with van der Waals surface area (Å²) in [7, 11) is 0. The zero-order valence-corrected chi connectivity index (χ0v) is 13.5. The molecule has 1 aromatic carbocycles. The van der Waals surface area contributed by atoms with Crippen molar-refractivity contribution >= 4 is 11.0 Å². The number of piperidine rings is 1. The van der Waals surface area contributed by atoms with Crippen LogP contribution in [0.1, 0.15) is 24.1 Å². The Labute approximate surface area is 140 Å². The molecule has 0 N–H and O–H groups in total. The van der Waals surface area contributed by atoms with Crippen molar-refractivity contribution in [3.63, 3.8) is 0 Å². The summed E-state index contributed by atoms with van der Waals surface area (Å²) >= 11 is 0. The van der Waals surface area contributed by atoms with Crippen molar-refractivity contribution in [1.29, 1.82) is 0 Å². The van der Waals surface area contributed by atoms with Gasteiger partial charge in [0.15, 0.2) is 0 Å². The quantitative estimate of drug-likeness (QED) is 0.719. The lowest BCUT2D eigenvalue weighted by molar-refractivity contribution is -0.0132. The first-order valence-corrected chi connectivity index (χ1v) is 8.32. The van der Waals surface area contributed by atoms with Gasteiger partial charge in [0.2, 0.25) is 0 Å². The van der Waals surface area contributed by atoms with Crippen molar-refractivity contribution in [3.05, 3.63) is 53.9 Å². The molecule has 0 unspecified atom stereocenters. The van der Waals surface area contributed by atoms with E-state index in [-0.39, 0.29) is 6.10 Å². The Morgan fingerprint density at radius 2 is 2.17 bits per heavy atom. The van der Waals surface area contributed by atoms with Gasteiger partial charge < -0.3 is 4.74 Å². The molecule has 2 aromatic heterocycles. The Hall–Kier alpha value is -2.31. The summed E-state index contributed by atoms with van der Waals surface area (Å²) in [5, 5.41) is 7.94. The van der Waals surface area contributed by atoms with Gasteiger partial charge in [-0.15, -0.1) is 0 Å². The molecule has 0 bridgehead atoms. The van der Waals surface area contributed by atoms with Crippen molar-refractivity contribution in [2.45, 2.75) is 32.1 Å². The number of benzene rings is 1. The van der Waals surface area contributed by atoms with Gasteiger partial charge in [-0.1, -0.05) is 18.2 Å². The number of aromatic nitrogens is 3. The van der Waals surface area contributed by atoms with E-state index in [0.717, 1.165) is 54.8 Å². The SMILES string of the molecule is c1ccc(CO[C@@H]2CCCN(Cc3cccc4nonc34)C2)nc1. The summed E-state index contributed by atoms with van der Waals surface area (Å²) in [5.41, 5.74) is 3.80. The third kappa shape index (κ3) is 3.44. The van der Waals surface area contributed by atoms with E-state index in [1.54, 1.807) is 6.20 Å². The molecule has 0 saturated carbocycles. The van der Waals surface area contributed by atoms with Crippen LogP contribution in [-0.2, 0) is 17.9 Å². The standard InChI is InChI=1S/C18H20N4O2/c1-2-9-19-15(6-1)13-23-16-7-4-10-22(12-16)11-14-5-3-8-17-18(14)21-24-20-17/h1-3,5-6,8-9,16H,4,7,10-13H2/t16-/m1/s1. The predicted octanol–water partition coefficient (Wildman–Crippen LogP) is 2.80. The van der Waals surface area contributed by atoms with Crippen LogP contribution in [0.5, 0.6) is 0 Å². The second-order valence-electron chi connectivity index (χ2n) is 6.18. The van der Waals surface area contributed by atoms with Gasteiger partial charge in [0, 0.05) is 19.3 Å². The summed E-state index contributed by atoms with van der Waals surface area (Å²) in [6.45, 7) is 3.41. The first kappa shape index (κ1) is 15.2. The molecule has 124 valence electrons. The Morgan fingerprint density at radius 1 is 1.17 bits per heavy atom. The molecule has 0 amide bonds. The summed E-state index contributed by atoms with van der Waals surface area (Å²) in [6, 6.07) is 11.9. The molecule has 1 saturated heterocycles. The van der Waals surface area contributed by atoms with Crippen LogP contribution in [0.3, 0.4) is 0 Å².